The number of anilines is 2. The van der Waals surface area contributed by atoms with E-state index in [-0.39, 0.29) is 0 Å². The molecule has 0 unspecified atom stereocenters. The van der Waals surface area contributed by atoms with E-state index in [9.17, 15) is 0 Å². The summed E-state index contributed by atoms with van der Waals surface area (Å²) in [7, 11) is 0. The second kappa shape index (κ2) is 28.0. The Balaban J connectivity index is 2.72. The standard InChI is InChI=1S/C38H72N2/c1-5-9-13-17-21-25-33-39(34-26-22-18-14-10-6-2)37-29-31-38(32-30-37)40(35-27-23-19-15-11-7-3)36-28-24-20-16-12-8-4/h29-32H,5-28,33-36H2,1-4H3. The smallest absolute Gasteiger partial charge is 0.0367 e. The Morgan fingerprint density at radius 3 is 0.725 bits per heavy atom. The van der Waals surface area contributed by atoms with Crippen molar-refractivity contribution in [1.82, 2.24) is 0 Å². The average molecular weight is 557 g/mol. The maximum atomic E-state index is 2.70. The SMILES string of the molecule is CCCCCCCCN(CCCCCCCC)c1ccc(N(CCCCCCCC)CCCCCCCC)cc1. The molecule has 1 aromatic rings. The topological polar surface area (TPSA) is 6.48 Å². The summed E-state index contributed by atoms with van der Waals surface area (Å²) < 4.78 is 0. The van der Waals surface area contributed by atoms with Crippen molar-refractivity contribution in [1.29, 1.82) is 0 Å². The minimum Gasteiger partial charge on any atom is -0.372 e. The molecule has 0 aliphatic rings. The Bertz CT molecular complexity index is 538. The molecule has 0 aliphatic heterocycles. The third-order valence-corrected chi connectivity index (χ3v) is 8.71. The Morgan fingerprint density at radius 2 is 0.500 bits per heavy atom. The number of hydrogen-bond acceptors (Lipinski definition) is 2. The van der Waals surface area contributed by atoms with Crippen LogP contribution in [0.5, 0.6) is 0 Å². The van der Waals surface area contributed by atoms with Crippen LogP contribution in [0.4, 0.5) is 11.4 Å². The van der Waals surface area contributed by atoms with E-state index in [4.69, 9.17) is 0 Å². The van der Waals surface area contributed by atoms with Crippen molar-refractivity contribution in [3.8, 4) is 0 Å². The average Bonchev–Trinajstić information content (AvgIpc) is 2.98. The number of benzene rings is 1. The van der Waals surface area contributed by atoms with E-state index in [0.717, 1.165) is 0 Å². The van der Waals surface area contributed by atoms with Crippen molar-refractivity contribution < 1.29 is 0 Å². The molecule has 0 aliphatic carbocycles. The molecule has 0 saturated heterocycles. The van der Waals surface area contributed by atoms with E-state index in [2.05, 4.69) is 61.8 Å². The largest absolute Gasteiger partial charge is 0.372 e. The first-order valence-electron chi connectivity index (χ1n) is 18.4. The van der Waals surface area contributed by atoms with Crippen LogP contribution in [-0.2, 0) is 0 Å². The van der Waals surface area contributed by atoms with Gasteiger partial charge in [-0.3, -0.25) is 0 Å². The van der Waals surface area contributed by atoms with E-state index in [0.29, 0.717) is 0 Å². The van der Waals surface area contributed by atoms with Gasteiger partial charge >= 0.3 is 0 Å². The molecular weight excluding hydrogens is 484 g/mol. The van der Waals surface area contributed by atoms with Crippen LogP contribution in [0.1, 0.15) is 182 Å². The van der Waals surface area contributed by atoms with Crippen molar-refractivity contribution in [2.75, 3.05) is 36.0 Å². The van der Waals surface area contributed by atoms with Gasteiger partial charge in [-0.2, -0.15) is 0 Å². The van der Waals surface area contributed by atoms with Gasteiger partial charge in [0.1, 0.15) is 0 Å². The highest BCUT2D eigenvalue weighted by molar-refractivity contribution is 5.56. The molecule has 2 nitrogen and oxygen atoms in total. The molecule has 0 N–H and O–H groups in total. The summed E-state index contributed by atoms with van der Waals surface area (Å²) in [5.41, 5.74) is 2.90. The summed E-state index contributed by atoms with van der Waals surface area (Å²) >= 11 is 0. The van der Waals surface area contributed by atoms with Crippen molar-refractivity contribution in [2.24, 2.45) is 0 Å². The van der Waals surface area contributed by atoms with Crippen LogP contribution in [0.3, 0.4) is 0 Å². The molecule has 0 radical (unpaired) electrons. The van der Waals surface area contributed by atoms with Crippen molar-refractivity contribution in [3.05, 3.63) is 24.3 Å². The van der Waals surface area contributed by atoms with Crippen LogP contribution in [-0.4, -0.2) is 26.2 Å². The van der Waals surface area contributed by atoms with E-state index in [1.807, 2.05) is 0 Å². The molecule has 0 atom stereocenters. The van der Waals surface area contributed by atoms with Crippen molar-refractivity contribution in [2.45, 2.75) is 182 Å². The van der Waals surface area contributed by atoms with Crippen LogP contribution in [0.15, 0.2) is 24.3 Å². The van der Waals surface area contributed by atoms with E-state index < -0.39 is 0 Å². The Hall–Kier alpha value is -1.18. The second-order valence-electron chi connectivity index (χ2n) is 12.6. The fourth-order valence-corrected chi connectivity index (χ4v) is 5.95. The zero-order valence-corrected chi connectivity index (χ0v) is 28.0. The summed E-state index contributed by atoms with van der Waals surface area (Å²) in [6, 6.07) is 9.77. The van der Waals surface area contributed by atoms with E-state index >= 15 is 0 Å². The van der Waals surface area contributed by atoms with Crippen LogP contribution in [0, 0.1) is 0 Å². The van der Waals surface area contributed by atoms with Gasteiger partial charge in [-0.15, -0.1) is 0 Å². The molecule has 0 saturated carbocycles. The summed E-state index contributed by atoms with van der Waals surface area (Å²) in [4.78, 5) is 5.41. The lowest BCUT2D eigenvalue weighted by atomic mass is 10.1. The molecule has 0 aromatic heterocycles. The second-order valence-corrected chi connectivity index (χ2v) is 12.6. The molecule has 0 bridgehead atoms. The lowest BCUT2D eigenvalue weighted by molar-refractivity contribution is 0.573. The Morgan fingerprint density at radius 1 is 0.300 bits per heavy atom. The van der Waals surface area contributed by atoms with Gasteiger partial charge in [0.05, 0.1) is 0 Å². The molecule has 1 rings (SSSR count). The highest BCUT2D eigenvalue weighted by atomic mass is 15.1. The van der Waals surface area contributed by atoms with Gasteiger partial charge in [0.15, 0.2) is 0 Å². The highest BCUT2D eigenvalue weighted by Gasteiger charge is 2.10. The van der Waals surface area contributed by atoms with Gasteiger partial charge in [0, 0.05) is 37.6 Å². The fourth-order valence-electron chi connectivity index (χ4n) is 5.95. The molecule has 0 amide bonds. The van der Waals surface area contributed by atoms with Gasteiger partial charge in [-0.25, -0.2) is 0 Å². The predicted octanol–water partition coefficient (Wildman–Crippen LogP) is 12.7. The first kappa shape index (κ1) is 36.8. The van der Waals surface area contributed by atoms with Gasteiger partial charge in [-0.1, -0.05) is 156 Å². The lowest BCUT2D eigenvalue weighted by Crippen LogP contribution is -2.27. The maximum Gasteiger partial charge on any atom is 0.0367 e. The summed E-state index contributed by atoms with van der Waals surface area (Å²) in [6.45, 7) is 14.1. The van der Waals surface area contributed by atoms with E-state index in [1.54, 1.807) is 0 Å². The molecular formula is C38H72N2. The number of nitrogens with zero attached hydrogens (tertiary/aromatic N) is 2. The van der Waals surface area contributed by atoms with Crippen molar-refractivity contribution in [3.63, 3.8) is 0 Å². The quantitative estimate of drug-likeness (QED) is 0.0869. The predicted molar refractivity (Wildman–Crippen MR) is 184 cm³/mol. The van der Waals surface area contributed by atoms with E-state index in [1.165, 1.54) is 192 Å². The molecule has 0 heterocycles. The van der Waals surface area contributed by atoms with Gasteiger partial charge < -0.3 is 9.80 Å². The zero-order valence-electron chi connectivity index (χ0n) is 28.0. The zero-order chi connectivity index (χ0) is 28.9. The summed E-state index contributed by atoms with van der Waals surface area (Å²) in [6.07, 6.45) is 33.1. The van der Waals surface area contributed by atoms with Gasteiger partial charge in [-0.05, 0) is 49.9 Å². The summed E-state index contributed by atoms with van der Waals surface area (Å²) in [5.74, 6) is 0. The molecule has 0 fully saturated rings. The molecule has 40 heavy (non-hydrogen) atoms. The summed E-state index contributed by atoms with van der Waals surface area (Å²) in [5, 5.41) is 0. The molecule has 2 heteroatoms. The minimum atomic E-state index is 1.22. The van der Waals surface area contributed by atoms with Crippen LogP contribution >= 0.6 is 0 Å². The van der Waals surface area contributed by atoms with Gasteiger partial charge in [0.2, 0.25) is 0 Å². The molecule has 0 spiro atoms. The molecule has 1 aromatic carbocycles. The first-order chi connectivity index (χ1) is 19.8. The number of hydrogen-bond donors (Lipinski definition) is 0. The minimum absolute atomic E-state index is 1.22. The third-order valence-electron chi connectivity index (χ3n) is 8.71. The fraction of sp³-hybridized carbons (Fsp3) is 0.842. The Kier molecular flexibility index (Phi) is 25.8. The number of unbranched alkanes of at least 4 members (excludes halogenated alkanes) is 20. The normalized spacial score (nSPS) is 11.3. The molecule has 234 valence electrons. The van der Waals surface area contributed by atoms with Crippen LogP contribution in [0.25, 0.3) is 0 Å². The van der Waals surface area contributed by atoms with Crippen LogP contribution in [0.2, 0.25) is 0 Å². The monoisotopic (exact) mass is 557 g/mol. The highest BCUT2D eigenvalue weighted by Crippen LogP contribution is 2.24. The lowest BCUT2D eigenvalue weighted by Gasteiger charge is -2.28. The van der Waals surface area contributed by atoms with Gasteiger partial charge in [0.25, 0.3) is 0 Å². The third kappa shape index (κ3) is 19.8. The Labute approximate surface area is 253 Å². The first-order valence-corrected chi connectivity index (χ1v) is 18.4. The maximum absolute atomic E-state index is 2.70. The van der Waals surface area contributed by atoms with Crippen LogP contribution < -0.4 is 9.80 Å². The van der Waals surface area contributed by atoms with Crippen molar-refractivity contribution >= 4 is 11.4 Å². The number of rotatable bonds is 30.